The van der Waals surface area contributed by atoms with Crippen molar-refractivity contribution in [2.24, 2.45) is 5.73 Å². The van der Waals surface area contributed by atoms with E-state index in [1.165, 1.54) is 0 Å². The Labute approximate surface area is 170 Å². The molecule has 0 atom stereocenters. The number of rotatable bonds is 1. The Bertz CT molecular complexity index is 1610. The molecule has 0 aliphatic heterocycles. The molecule has 142 valence electrons. The zero-order valence-electron chi connectivity index (χ0n) is 15.7. The Morgan fingerprint density at radius 3 is 2.03 bits per heavy atom. The zero-order chi connectivity index (χ0) is 20.6. The van der Waals surface area contributed by atoms with Gasteiger partial charge in [-0.2, -0.15) is 0 Å². The summed E-state index contributed by atoms with van der Waals surface area (Å²) in [4.78, 5) is 39.2. The van der Waals surface area contributed by atoms with Crippen molar-refractivity contribution in [2.45, 2.75) is 0 Å². The van der Waals surface area contributed by atoms with E-state index in [1.807, 2.05) is 42.5 Å². The lowest BCUT2D eigenvalue weighted by molar-refractivity contribution is 0.0964. The molecule has 5 nitrogen and oxygen atoms in total. The summed E-state index contributed by atoms with van der Waals surface area (Å²) in [6.45, 7) is 0. The number of aromatic nitrogens is 1. The first-order valence-corrected chi connectivity index (χ1v) is 9.55. The van der Waals surface area contributed by atoms with Gasteiger partial charge in [0.1, 0.15) is 5.69 Å². The molecule has 5 aromatic rings. The number of primary amides is 1. The normalized spacial score (nSPS) is 13.1. The van der Waals surface area contributed by atoms with Crippen LogP contribution in [0, 0.1) is 0 Å². The second-order valence-electron chi connectivity index (χ2n) is 7.44. The number of fused-ring (bicyclic) bond motifs is 8. The molecule has 2 N–H and O–H groups in total. The van der Waals surface area contributed by atoms with Crippen LogP contribution in [0.4, 0.5) is 0 Å². The van der Waals surface area contributed by atoms with E-state index >= 15 is 0 Å². The van der Waals surface area contributed by atoms with Crippen LogP contribution in [0.15, 0.2) is 72.8 Å². The van der Waals surface area contributed by atoms with Gasteiger partial charge < -0.3 is 10.1 Å². The van der Waals surface area contributed by atoms with Crippen molar-refractivity contribution in [3.8, 4) is 0 Å². The maximum absolute atomic E-state index is 13.3. The number of nitrogens with two attached hydrogens (primary N) is 1. The summed E-state index contributed by atoms with van der Waals surface area (Å²) in [6, 6.07) is 22.2. The van der Waals surface area contributed by atoms with Crippen molar-refractivity contribution >= 4 is 44.7 Å². The minimum atomic E-state index is -0.743. The Morgan fingerprint density at radius 1 is 0.667 bits per heavy atom. The van der Waals surface area contributed by atoms with Gasteiger partial charge in [0.05, 0.1) is 22.2 Å². The molecule has 3 aromatic carbocycles. The third-order valence-electron chi connectivity index (χ3n) is 5.91. The smallest absolute Gasteiger partial charge is 0.266 e. The van der Waals surface area contributed by atoms with Gasteiger partial charge in [0.15, 0.2) is 11.6 Å². The third kappa shape index (κ3) is 1.93. The monoisotopic (exact) mass is 390 g/mol. The van der Waals surface area contributed by atoms with Crippen molar-refractivity contribution in [3.05, 3.63) is 101 Å². The molecule has 1 amide bonds. The third-order valence-corrected chi connectivity index (χ3v) is 5.91. The highest BCUT2D eigenvalue weighted by Gasteiger charge is 2.37. The second kappa shape index (κ2) is 5.64. The fourth-order valence-corrected chi connectivity index (χ4v) is 4.65. The molecule has 2 heterocycles. The minimum absolute atomic E-state index is 0.0498. The number of hydrogen-bond donors (Lipinski definition) is 1. The van der Waals surface area contributed by atoms with E-state index in [0.717, 1.165) is 21.7 Å². The topological polar surface area (TPSA) is 81.6 Å². The van der Waals surface area contributed by atoms with Crippen LogP contribution < -0.4 is 5.73 Å². The van der Waals surface area contributed by atoms with Crippen molar-refractivity contribution in [1.29, 1.82) is 0 Å². The maximum Gasteiger partial charge on any atom is 0.266 e. The number of carbonyl (C=O) groups excluding carboxylic acids is 3. The first-order valence-electron chi connectivity index (χ1n) is 9.55. The molecule has 0 bridgehead atoms. The highest BCUT2D eigenvalue weighted by Crippen LogP contribution is 2.37. The number of nitrogens with zero attached hydrogens (tertiary/aromatic N) is 1. The quantitative estimate of drug-likeness (QED) is 0.429. The van der Waals surface area contributed by atoms with Gasteiger partial charge in [-0.25, -0.2) is 0 Å². The first kappa shape index (κ1) is 16.7. The second-order valence-corrected chi connectivity index (χ2v) is 7.44. The Kier molecular flexibility index (Phi) is 3.14. The van der Waals surface area contributed by atoms with Crippen molar-refractivity contribution in [2.75, 3.05) is 0 Å². The van der Waals surface area contributed by atoms with Crippen LogP contribution in [0.25, 0.3) is 27.2 Å². The molecule has 0 unspecified atom stereocenters. The Morgan fingerprint density at radius 2 is 1.30 bits per heavy atom. The summed E-state index contributed by atoms with van der Waals surface area (Å²) in [5.74, 6) is -1.37. The summed E-state index contributed by atoms with van der Waals surface area (Å²) < 4.78 is 1.66. The molecule has 1 aliphatic carbocycles. The molecular formula is C25H14N2O3. The van der Waals surface area contributed by atoms with Gasteiger partial charge in [-0.1, -0.05) is 60.7 Å². The lowest BCUT2D eigenvalue weighted by Crippen LogP contribution is -2.23. The SMILES string of the molecule is NC(=O)c1c2c(c3ccc4c5ccccc5ccc4n13)C(=O)c1ccccc1C2=O. The van der Waals surface area contributed by atoms with E-state index in [9.17, 15) is 14.4 Å². The van der Waals surface area contributed by atoms with Gasteiger partial charge in [0.25, 0.3) is 5.91 Å². The number of hydrogen-bond acceptors (Lipinski definition) is 3. The Balaban J connectivity index is 1.84. The number of ketones is 2. The van der Waals surface area contributed by atoms with Crippen molar-refractivity contribution < 1.29 is 14.4 Å². The highest BCUT2D eigenvalue weighted by molar-refractivity contribution is 6.33. The largest absolute Gasteiger partial charge is 0.364 e. The standard InChI is InChI=1S/C25H14N2O3/c26-25(30)22-21-20(23(28)16-7-3-4-8-17(16)24(21)29)19-12-10-15-14-6-2-1-5-13(14)9-11-18(15)27(19)22/h1-12H,(H2,26,30). The van der Waals surface area contributed by atoms with Crippen LogP contribution in [-0.4, -0.2) is 21.9 Å². The van der Waals surface area contributed by atoms with E-state index in [0.29, 0.717) is 16.6 Å². The van der Waals surface area contributed by atoms with E-state index in [4.69, 9.17) is 5.73 Å². The lowest BCUT2D eigenvalue weighted by atomic mass is 9.84. The van der Waals surface area contributed by atoms with E-state index in [2.05, 4.69) is 0 Å². The predicted molar refractivity (Wildman–Crippen MR) is 114 cm³/mol. The van der Waals surface area contributed by atoms with Gasteiger partial charge in [-0.15, -0.1) is 0 Å². The lowest BCUT2D eigenvalue weighted by Gasteiger charge is -2.14. The maximum atomic E-state index is 13.3. The van der Waals surface area contributed by atoms with Gasteiger partial charge in [-0.05, 0) is 22.9 Å². The molecule has 2 aromatic heterocycles. The molecule has 0 saturated heterocycles. The van der Waals surface area contributed by atoms with Gasteiger partial charge in [0, 0.05) is 16.5 Å². The van der Waals surface area contributed by atoms with Gasteiger partial charge in [-0.3, -0.25) is 14.4 Å². The number of amides is 1. The fraction of sp³-hybridized carbons (Fsp3) is 0. The number of benzene rings is 3. The molecule has 6 rings (SSSR count). The summed E-state index contributed by atoms with van der Waals surface area (Å²) in [7, 11) is 0. The predicted octanol–water partition coefficient (Wildman–Crippen LogP) is 4.12. The number of carbonyl (C=O) groups is 3. The molecular weight excluding hydrogens is 376 g/mol. The van der Waals surface area contributed by atoms with Crippen molar-refractivity contribution in [1.82, 2.24) is 4.40 Å². The fourth-order valence-electron chi connectivity index (χ4n) is 4.65. The van der Waals surface area contributed by atoms with E-state index in [-0.39, 0.29) is 28.4 Å². The molecule has 30 heavy (non-hydrogen) atoms. The van der Waals surface area contributed by atoms with Crippen LogP contribution in [0.1, 0.15) is 42.3 Å². The van der Waals surface area contributed by atoms with Crippen LogP contribution in [0.5, 0.6) is 0 Å². The summed E-state index contributed by atoms with van der Waals surface area (Å²) in [5.41, 5.74) is 8.00. The van der Waals surface area contributed by atoms with Crippen molar-refractivity contribution in [3.63, 3.8) is 0 Å². The minimum Gasteiger partial charge on any atom is -0.364 e. The molecule has 1 aliphatic rings. The van der Waals surface area contributed by atoms with E-state index < -0.39 is 5.91 Å². The molecule has 0 saturated carbocycles. The molecule has 0 fully saturated rings. The van der Waals surface area contributed by atoms with Crippen LogP contribution in [0.2, 0.25) is 0 Å². The van der Waals surface area contributed by atoms with Crippen LogP contribution in [-0.2, 0) is 0 Å². The highest BCUT2D eigenvalue weighted by atomic mass is 16.2. The summed E-state index contributed by atoms with van der Waals surface area (Å²) in [5, 5.41) is 2.98. The first-order chi connectivity index (χ1) is 14.6. The average Bonchev–Trinajstić information content (AvgIpc) is 3.13. The van der Waals surface area contributed by atoms with Gasteiger partial charge in [0.2, 0.25) is 0 Å². The zero-order valence-corrected chi connectivity index (χ0v) is 15.7. The van der Waals surface area contributed by atoms with Crippen LogP contribution >= 0.6 is 0 Å². The molecule has 0 radical (unpaired) electrons. The average molecular weight is 390 g/mol. The Hall–Kier alpha value is -4.25. The molecule has 0 spiro atoms. The van der Waals surface area contributed by atoms with Gasteiger partial charge >= 0.3 is 0 Å². The van der Waals surface area contributed by atoms with E-state index in [1.54, 1.807) is 34.7 Å². The summed E-state index contributed by atoms with van der Waals surface area (Å²) >= 11 is 0. The van der Waals surface area contributed by atoms with Crippen LogP contribution in [0.3, 0.4) is 0 Å². The summed E-state index contributed by atoms with van der Waals surface area (Å²) in [6.07, 6.45) is 0. The number of pyridine rings is 1. The molecule has 5 heteroatoms.